The van der Waals surface area contributed by atoms with E-state index in [0.29, 0.717) is 5.56 Å². The maximum atomic E-state index is 12.5. The fourth-order valence-electron chi connectivity index (χ4n) is 2.27. The number of hydrogen-bond acceptors (Lipinski definition) is 2. The normalized spacial score (nSPS) is 13.2. The van der Waals surface area contributed by atoms with Gasteiger partial charge in [-0.05, 0) is 35.3 Å². The number of Topliss-reactive ketones (excluding diaryl/α,β-unsaturated/α-hetero) is 1. The van der Waals surface area contributed by atoms with Crippen LogP contribution in [0.3, 0.4) is 0 Å². The van der Waals surface area contributed by atoms with E-state index >= 15 is 0 Å². The summed E-state index contributed by atoms with van der Waals surface area (Å²) in [5.41, 5.74) is 1.65. The first-order valence-corrected chi connectivity index (χ1v) is 8.31. The van der Waals surface area contributed by atoms with Crippen molar-refractivity contribution in [3.63, 3.8) is 0 Å². The van der Waals surface area contributed by atoms with Crippen LogP contribution < -0.4 is 0 Å². The van der Waals surface area contributed by atoms with Gasteiger partial charge in [-0.2, -0.15) is 0 Å². The van der Waals surface area contributed by atoms with Crippen LogP contribution in [-0.2, 0) is 10.8 Å². The molecule has 23 heavy (non-hydrogen) atoms. The van der Waals surface area contributed by atoms with Gasteiger partial charge >= 0.3 is 0 Å². The summed E-state index contributed by atoms with van der Waals surface area (Å²) in [4.78, 5) is 12.5. The Hall–Kier alpha value is -1.75. The highest BCUT2D eigenvalue weighted by atomic mass is 16.3. The molecule has 0 spiro atoms. The molecular formula is C21H30O2. The van der Waals surface area contributed by atoms with E-state index in [1.54, 1.807) is 12.1 Å². The van der Waals surface area contributed by atoms with Crippen molar-refractivity contribution in [2.24, 2.45) is 5.92 Å². The molecule has 1 atom stereocenters. The third kappa shape index (κ3) is 4.86. The van der Waals surface area contributed by atoms with Gasteiger partial charge in [-0.3, -0.25) is 4.79 Å². The number of carbonyl (C=O) groups is 1. The molecule has 1 rings (SSSR count). The average molecular weight is 314 g/mol. The summed E-state index contributed by atoms with van der Waals surface area (Å²) >= 11 is 0. The Morgan fingerprint density at radius 1 is 1.09 bits per heavy atom. The van der Waals surface area contributed by atoms with Gasteiger partial charge in [-0.15, -0.1) is 0 Å². The maximum Gasteiger partial charge on any atom is 0.235 e. The van der Waals surface area contributed by atoms with E-state index in [-0.39, 0.29) is 28.3 Å². The molecular weight excluding hydrogens is 284 g/mol. The Morgan fingerprint density at radius 2 is 1.52 bits per heavy atom. The predicted octanol–water partition coefficient (Wildman–Crippen LogP) is 5.22. The number of rotatable bonds is 2. The molecule has 0 amide bonds. The van der Waals surface area contributed by atoms with Gasteiger partial charge in [0, 0.05) is 22.6 Å². The lowest BCUT2D eigenvalue weighted by molar-refractivity contribution is 0.105. The first kappa shape index (κ1) is 19.3. The molecule has 126 valence electrons. The van der Waals surface area contributed by atoms with E-state index in [1.807, 2.05) is 48.5 Å². The van der Waals surface area contributed by atoms with E-state index in [9.17, 15) is 9.90 Å². The molecule has 1 aromatic carbocycles. The topological polar surface area (TPSA) is 37.3 Å². The van der Waals surface area contributed by atoms with Crippen LogP contribution in [0.1, 0.15) is 83.3 Å². The lowest BCUT2D eigenvalue weighted by atomic mass is 9.78. The molecule has 0 aromatic heterocycles. The SMILES string of the molecule is CC[C@@H](C)C#CC(=O)c1cc(C(C)(C)C)c(O)c(C(C)(C)C)c1. The zero-order chi connectivity index (χ0) is 18.0. The first-order chi connectivity index (χ1) is 10.4. The molecule has 2 heteroatoms. The third-order valence-corrected chi connectivity index (χ3v) is 4.03. The molecule has 0 saturated carbocycles. The second-order valence-corrected chi connectivity index (χ2v) is 8.33. The van der Waals surface area contributed by atoms with Crippen LogP contribution in [0.2, 0.25) is 0 Å². The molecule has 0 bridgehead atoms. The lowest BCUT2D eigenvalue weighted by Gasteiger charge is -2.27. The number of hydrogen-bond donors (Lipinski definition) is 1. The van der Waals surface area contributed by atoms with Crippen molar-refractivity contribution in [2.45, 2.75) is 72.6 Å². The van der Waals surface area contributed by atoms with Crippen LogP contribution in [-0.4, -0.2) is 10.9 Å². The summed E-state index contributed by atoms with van der Waals surface area (Å²) in [7, 11) is 0. The van der Waals surface area contributed by atoms with Crippen molar-refractivity contribution in [2.75, 3.05) is 0 Å². The van der Waals surface area contributed by atoms with Gasteiger partial charge < -0.3 is 5.11 Å². The second kappa shape index (κ2) is 6.79. The number of phenolic OH excluding ortho intramolecular Hbond substituents is 1. The van der Waals surface area contributed by atoms with Gasteiger partial charge in [0.05, 0.1) is 0 Å². The van der Waals surface area contributed by atoms with E-state index in [1.165, 1.54) is 0 Å². The summed E-state index contributed by atoms with van der Waals surface area (Å²) in [6, 6.07) is 3.58. The highest BCUT2D eigenvalue weighted by molar-refractivity contribution is 6.09. The van der Waals surface area contributed by atoms with Crippen molar-refractivity contribution in [3.05, 3.63) is 28.8 Å². The maximum absolute atomic E-state index is 12.5. The van der Waals surface area contributed by atoms with Crippen molar-refractivity contribution in [1.82, 2.24) is 0 Å². The van der Waals surface area contributed by atoms with Gasteiger partial charge in [0.2, 0.25) is 5.78 Å². The summed E-state index contributed by atoms with van der Waals surface area (Å²) in [5, 5.41) is 10.7. The third-order valence-electron chi connectivity index (χ3n) is 4.03. The molecule has 0 aliphatic carbocycles. The summed E-state index contributed by atoms with van der Waals surface area (Å²) in [6.45, 7) is 16.3. The molecule has 2 nitrogen and oxygen atoms in total. The van der Waals surface area contributed by atoms with Gasteiger partial charge in [0.25, 0.3) is 0 Å². The summed E-state index contributed by atoms with van der Waals surface area (Å²) in [6.07, 6.45) is 0.927. The number of aromatic hydroxyl groups is 1. The molecule has 1 aromatic rings. The molecule has 0 fully saturated rings. The molecule has 0 saturated heterocycles. The minimum Gasteiger partial charge on any atom is -0.507 e. The van der Waals surface area contributed by atoms with E-state index in [2.05, 4.69) is 18.8 Å². The van der Waals surface area contributed by atoms with Gasteiger partial charge in [-0.25, -0.2) is 0 Å². The Morgan fingerprint density at radius 3 is 1.87 bits per heavy atom. The minimum absolute atomic E-state index is 0.179. The van der Waals surface area contributed by atoms with E-state index < -0.39 is 0 Å². The lowest BCUT2D eigenvalue weighted by Crippen LogP contribution is -2.18. The van der Waals surface area contributed by atoms with E-state index in [4.69, 9.17) is 0 Å². The van der Waals surface area contributed by atoms with Crippen LogP contribution >= 0.6 is 0 Å². The number of phenols is 1. The summed E-state index contributed by atoms with van der Waals surface area (Å²) in [5.74, 6) is 6.07. The molecule has 0 unspecified atom stereocenters. The zero-order valence-electron chi connectivity index (χ0n) is 15.8. The number of carbonyl (C=O) groups excluding carboxylic acids is 1. The zero-order valence-corrected chi connectivity index (χ0v) is 15.8. The van der Waals surface area contributed by atoms with Crippen LogP contribution in [0.15, 0.2) is 12.1 Å². The van der Waals surface area contributed by atoms with Crippen LogP contribution in [0.4, 0.5) is 0 Å². The monoisotopic (exact) mass is 314 g/mol. The predicted molar refractivity (Wildman–Crippen MR) is 97.1 cm³/mol. The largest absolute Gasteiger partial charge is 0.507 e. The Kier molecular flexibility index (Phi) is 5.69. The molecule has 0 heterocycles. The Balaban J connectivity index is 3.50. The van der Waals surface area contributed by atoms with E-state index in [0.717, 1.165) is 17.5 Å². The Labute approximate surface area is 141 Å². The van der Waals surface area contributed by atoms with Crippen LogP contribution in [0.25, 0.3) is 0 Å². The first-order valence-electron chi connectivity index (χ1n) is 8.31. The smallest absolute Gasteiger partial charge is 0.235 e. The second-order valence-electron chi connectivity index (χ2n) is 8.33. The van der Waals surface area contributed by atoms with Crippen molar-refractivity contribution >= 4 is 5.78 Å². The molecule has 0 aliphatic rings. The van der Waals surface area contributed by atoms with Crippen molar-refractivity contribution in [3.8, 4) is 17.6 Å². The highest BCUT2D eigenvalue weighted by Crippen LogP contribution is 2.39. The van der Waals surface area contributed by atoms with Gasteiger partial charge in [-0.1, -0.05) is 61.3 Å². The van der Waals surface area contributed by atoms with Crippen molar-refractivity contribution in [1.29, 1.82) is 0 Å². The number of ketones is 1. The fraction of sp³-hybridized carbons (Fsp3) is 0.571. The standard InChI is InChI=1S/C21H30O2/c1-9-14(2)10-11-18(22)15-12-16(20(3,4)5)19(23)17(13-15)21(6,7)8/h12-14,23H,9H2,1-8H3/t14-/m1/s1. The number of benzene rings is 1. The minimum atomic E-state index is -0.246. The van der Waals surface area contributed by atoms with Crippen molar-refractivity contribution < 1.29 is 9.90 Å². The average Bonchev–Trinajstić information content (AvgIpc) is 2.41. The molecule has 0 radical (unpaired) electrons. The molecule has 1 N–H and O–H groups in total. The summed E-state index contributed by atoms with van der Waals surface area (Å²) < 4.78 is 0. The fourth-order valence-corrected chi connectivity index (χ4v) is 2.27. The van der Waals surface area contributed by atoms with Gasteiger partial charge in [0.15, 0.2) is 0 Å². The van der Waals surface area contributed by atoms with Gasteiger partial charge in [0.1, 0.15) is 5.75 Å². The van der Waals surface area contributed by atoms with Crippen LogP contribution in [0.5, 0.6) is 5.75 Å². The Bertz CT molecular complexity index is 608. The van der Waals surface area contributed by atoms with Crippen LogP contribution in [0, 0.1) is 17.8 Å². The highest BCUT2D eigenvalue weighted by Gasteiger charge is 2.27. The molecule has 0 aliphatic heterocycles. The quantitative estimate of drug-likeness (QED) is 0.461.